The molecule has 0 unspecified atom stereocenters. The van der Waals surface area contributed by atoms with Crippen LogP contribution < -0.4 is 4.74 Å². The highest BCUT2D eigenvalue weighted by molar-refractivity contribution is 7.08. The van der Waals surface area contributed by atoms with E-state index in [1.54, 1.807) is 11.3 Å². The third-order valence-corrected chi connectivity index (χ3v) is 3.45. The van der Waals surface area contributed by atoms with Gasteiger partial charge in [-0.15, -0.1) is 0 Å². The molecule has 2 aromatic rings. The summed E-state index contributed by atoms with van der Waals surface area (Å²) in [6.45, 7) is 0.861. The Labute approximate surface area is 93.3 Å². The van der Waals surface area contributed by atoms with E-state index < -0.39 is 0 Å². The van der Waals surface area contributed by atoms with Gasteiger partial charge in [-0.2, -0.15) is 11.3 Å². The van der Waals surface area contributed by atoms with E-state index in [1.807, 2.05) is 0 Å². The summed E-state index contributed by atoms with van der Waals surface area (Å²) in [7, 11) is 0. The first-order chi connectivity index (χ1) is 7.43. The summed E-state index contributed by atoms with van der Waals surface area (Å²) in [6, 6.07) is 8.70. The van der Waals surface area contributed by atoms with Crippen LogP contribution in [0.25, 0.3) is 11.1 Å². The van der Waals surface area contributed by atoms with E-state index in [4.69, 9.17) is 4.74 Å². The fourth-order valence-corrected chi connectivity index (χ4v) is 2.61. The Hall–Kier alpha value is -1.28. The third kappa shape index (κ3) is 1.65. The second kappa shape index (κ2) is 3.70. The van der Waals surface area contributed by atoms with Crippen molar-refractivity contribution >= 4 is 11.3 Å². The van der Waals surface area contributed by atoms with Crippen molar-refractivity contribution in [3.63, 3.8) is 0 Å². The molecule has 0 fully saturated rings. The maximum atomic E-state index is 5.67. The van der Waals surface area contributed by atoms with Crippen LogP contribution in [0.15, 0.2) is 35.0 Å². The van der Waals surface area contributed by atoms with E-state index >= 15 is 0 Å². The smallest absolute Gasteiger partial charge is 0.123 e. The van der Waals surface area contributed by atoms with E-state index in [-0.39, 0.29) is 0 Å². The van der Waals surface area contributed by atoms with Crippen LogP contribution in [-0.4, -0.2) is 6.61 Å². The summed E-state index contributed by atoms with van der Waals surface area (Å²) in [5, 5.41) is 4.28. The quantitative estimate of drug-likeness (QED) is 0.705. The van der Waals surface area contributed by atoms with Gasteiger partial charge < -0.3 is 4.74 Å². The molecule has 0 radical (unpaired) electrons. The molecular weight excluding hydrogens is 204 g/mol. The zero-order valence-electron chi connectivity index (χ0n) is 8.40. The maximum Gasteiger partial charge on any atom is 0.123 e. The summed E-state index contributed by atoms with van der Waals surface area (Å²) >= 11 is 1.73. The van der Waals surface area contributed by atoms with Crippen LogP contribution in [0.3, 0.4) is 0 Å². The standard InChI is InChI=1S/C13H12OS/c1-2-10-3-4-11(8-13(10)14-6-1)12-5-7-15-9-12/h3-5,7-9H,1-2,6H2. The van der Waals surface area contributed by atoms with Crippen molar-refractivity contribution in [2.75, 3.05) is 6.61 Å². The molecule has 0 spiro atoms. The molecule has 1 aromatic heterocycles. The summed E-state index contributed by atoms with van der Waals surface area (Å²) in [5.74, 6) is 1.07. The highest BCUT2D eigenvalue weighted by Gasteiger charge is 2.10. The monoisotopic (exact) mass is 216 g/mol. The lowest BCUT2D eigenvalue weighted by Crippen LogP contribution is -2.07. The topological polar surface area (TPSA) is 9.23 Å². The number of thiophene rings is 1. The number of ether oxygens (including phenoxy) is 1. The molecule has 3 rings (SSSR count). The lowest BCUT2D eigenvalue weighted by molar-refractivity contribution is 0.288. The number of rotatable bonds is 1. The molecular formula is C13H12OS. The van der Waals surface area contributed by atoms with Crippen molar-refractivity contribution in [3.8, 4) is 16.9 Å². The van der Waals surface area contributed by atoms with Gasteiger partial charge in [0.2, 0.25) is 0 Å². The van der Waals surface area contributed by atoms with Crippen LogP contribution in [0, 0.1) is 0 Å². The Bertz CT molecular complexity index is 459. The normalized spacial score (nSPS) is 14.4. The molecule has 2 heterocycles. The van der Waals surface area contributed by atoms with Crippen LogP contribution in [0.5, 0.6) is 5.75 Å². The first kappa shape index (κ1) is 8.98. The van der Waals surface area contributed by atoms with Gasteiger partial charge in [0, 0.05) is 0 Å². The summed E-state index contributed by atoms with van der Waals surface area (Å²) in [5.41, 5.74) is 3.90. The number of fused-ring (bicyclic) bond motifs is 1. The number of aryl methyl sites for hydroxylation is 1. The zero-order chi connectivity index (χ0) is 10.1. The molecule has 76 valence electrons. The van der Waals surface area contributed by atoms with Gasteiger partial charge in [-0.3, -0.25) is 0 Å². The Morgan fingerprint density at radius 2 is 2.13 bits per heavy atom. The fraction of sp³-hybridized carbons (Fsp3) is 0.231. The molecule has 1 aromatic carbocycles. The van der Waals surface area contributed by atoms with Crippen molar-refractivity contribution in [2.24, 2.45) is 0 Å². The van der Waals surface area contributed by atoms with Crippen molar-refractivity contribution < 1.29 is 4.74 Å². The van der Waals surface area contributed by atoms with Gasteiger partial charge in [0.25, 0.3) is 0 Å². The van der Waals surface area contributed by atoms with Gasteiger partial charge in [0.15, 0.2) is 0 Å². The Kier molecular flexibility index (Phi) is 2.22. The second-order valence-corrected chi connectivity index (χ2v) is 4.57. The van der Waals surface area contributed by atoms with Gasteiger partial charge >= 0.3 is 0 Å². The first-order valence-electron chi connectivity index (χ1n) is 5.22. The average Bonchev–Trinajstić information content (AvgIpc) is 2.82. The zero-order valence-corrected chi connectivity index (χ0v) is 9.22. The van der Waals surface area contributed by atoms with Crippen molar-refractivity contribution in [1.29, 1.82) is 0 Å². The van der Waals surface area contributed by atoms with Crippen LogP contribution in [0.2, 0.25) is 0 Å². The maximum absolute atomic E-state index is 5.67. The van der Waals surface area contributed by atoms with E-state index in [1.165, 1.54) is 16.7 Å². The lowest BCUT2D eigenvalue weighted by atomic mass is 10.0. The molecule has 1 aliphatic heterocycles. The van der Waals surface area contributed by atoms with Crippen molar-refractivity contribution in [3.05, 3.63) is 40.6 Å². The third-order valence-electron chi connectivity index (χ3n) is 2.77. The molecule has 1 aliphatic rings. The van der Waals surface area contributed by atoms with E-state index in [0.717, 1.165) is 25.2 Å². The summed E-state index contributed by atoms with van der Waals surface area (Å²) < 4.78 is 5.67. The molecule has 0 N–H and O–H groups in total. The molecule has 0 amide bonds. The van der Waals surface area contributed by atoms with Crippen LogP contribution in [-0.2, 0) is 6.42 Å². The Morgan fingerprint density at radius 1 is 1.13 bits per heavy atom. The Morgan fingerprint density at radius 3 is 3.00 bits per heavy atom. The molecule has 0 saturated carbocycles. The summed E-state index contributed by atoms with van der Waals surface area (Å²) in [4.78, 5) is 0. The molecule has 0 saturated heterocycles. The number of hydrogen-bond donors (Lipinski definition) is 0. The van der Waals surface area contributed by atoms with Gasteiger partial charge in [0.1, 0.15) is 5.75 Å². The SMILES string of the molecule is c1cc(-c2ccc3c(c2)OCCC3)cs1. The second-order valence-electron chi connectivity index (χ2n) is 3.79. The van der Waals surface area contributed by atoms with Gasteiger partial charge in [-0.05, 0) is 52.4 Å². The predicted octanol–water partition coefficient (Wildman–Crippen LogP) is 3.74. The minimum absolute atomic E-state index is 0.861. The van der Waals surface area contributed by atoms with Gasteiger partial charge in [-0.1, -0.05) is 12.1 Å². The van der Waals surface area contributed by atoms with Crippen LogP contribution in [0.4, 0.5) is 0 Å². The van der Waals surface area contributed by atoms with Crippen molar-refractivity contribution in [1.82, 2.24) is 0 Å². The summed E-state index contributed by atoms with van der Waals surface area (Å²) in [6.07, 6.45) is 2.30. The molecule has 0 aliphatic carbocycles. The molecule has 2 heteroatoms. The first-order valence-corrected chi connectivity index (χ1v) is 6.16. The molecule has 15 heavy (non-hydrogen) atoms. The van der Waals surface area contributed by atoms with Gasteiger partial charge in [0.05, 0.1) is 6.61 Å². The minimum atomic E-state index is 0.861. The van der Waals surface area contributed by atoms with Crippen LogP contribution in [0.1, 0.15) is 12.0 Å². The highest BCUT2D eigenvalue weighted by Crippen LogP contribution is 2.31. The largest absolute Gasteiger partial charge is 0.493 e. The molecule has 0 bridgehead atoms. The average molecular weight is 216 g/mol. The minimum Gasteiger partial charge on any atom is -0.493 e. The van der Waals surface area contributed by atoms with E-state index in [9.17, 15) is 0 Å². The molecule has 0 atom stereocenters. The van der Waals surface area contributed by atoms with Crippen LogP contribution >= 0.6 is 11.3 Å². The van der Waals surface area contributed by atoms with E-state index in [0.29, 0.717) is 0 Å². The number of benzene rings is 1. The molecule has 1 nitrogen and oxygen atoms in total. The Balaban J connectivity index is 2.04. The van der Waals surface area contributed by atoms with Crippen molar-refractivity contribution in [2.45, 2.75) is 12.8 Å². The fourth-order valence-electron chi connectivity index (χ4n) is 1.95. The van der Waals surface area contributed by atoms with Gasteiger partial charge in [-0.25, -0.2) is 0 Å². The number of hydrogen-bond acceptors (Lipinski definition) is 2. The highest BCUT2D eigenvalue weighted by atomic mass is 32.1. The van der Waals surface area contributed by atoms with E-state index in [2.05, 4.69) is 35.0 Å². The predicted molar refractivity (Wildman–Crippen MR) is 63.6 cm³/mol. The lowest BCUT2D eigenvalue weighted by Gasteiger charge is -2.17.